The number of amides is 2. The van der Waals surface area contributed by atoms with Gasteiger partial charge in [0.15, 0.2) is 0 Å². The molecule has 6 nitrogen and oxygen atoms in total. The summed E-state index contributed by atoms with van der Waals surface area (Å²) < 4.78 is 0.722. The molecule has 0 radical (unpaired) electrons. The Morgan fingerprint density at radius 3 is 2.47 bits per heavy atom. The van der Waals surface area contributed by atoms with Gasteiger partial charge in [0, 0.05) is 42.8 Å². The molecule has 1 aliphatic heterocycles. The average Bonchev–Trinajstić information content (AvgIpc) is 3.19. The summed E-state index contributed by atoms with van der Waals surface area (Å²) in [6, 6.07) is 13.4. The molecule has 0 unspecified atom stereocenters. The minimum atomic E-state index is -0.465. The van der Waals surface area contributed by atoms with Crippen molar-refractivity contribution < 1.29 is 9.59 Å². The third kappa shape index (κ3) is 4.75. The van der Waals surface area contributed by atoms with Gasteiger partial charge in [0.1, 0.15) is 6.33 Å². The van der Waals surface area contributed by atoms with E-state index in [1.165, 1.54) is 17.7 Å². The fourth-order valence-corrected chi connectivity index (χ4v) is 4.21. The lowest BCUT2D eigenvalue weighted by molar-refractivity contribution is -0.156. The maximum Gasteiger partial charge on any atom is 0.312 e. The van der Waals surface area contributed by atoms with Crippen molar-refractivity contribution in [3.05, 3.63) is 75.8 Å². The number of carbonyl (C=O) groups is 2. The predicted octanol–water partition coefficient (Wildman–Crippen LogP) is 3.74. The van der Waals surface area contributed by atoms with Crippen molar-refractivity contribution in [1.29, 1.82) is 0 Å². The van der Waals surface area contributed by atoms with Crippen molar-refractivity contribution in [3.8, 4) is 11.3 Å². The zero-order valence-corrected chi connectivity index (χ0v) is 17.6. The van der Waals surface area contributed by atoms with Gasteiger partial charge in [0.25, 0.3) is 0 Å². The molecule has 1 fully saturated rings. The highest BCUT2D eigenvalue weighted by Crippen LogP contribution is 2.22. The summed E-state index contributed by atoms with van der Waals surface area (Å²) in [5.74, 6) is -0.929. The first-order valence-electron chi connectivity index (χ1n) is 9.45. The minimum absolute atomic E-state index is 0.404. The molecule has 0 aliphatic carbocycles. The summed E-state index contributed by atoms with van der Waals surface area (Å²) in [6.45, 7) is 1.84. The SMILES string of the molecule is O=C1C(=O)N(Cc2ccc(-c3ccncn3)cc2)CCN1C/C=C/c1ccc(Cl)s1. The van der Waals surface area contributed by atoms with Crippen LogP contribution in [0.2, 0.25) is 4.34 Å². The van der Waals surface area contributed by atoms with Crippen molar-refractivity contribution in [2.75, 3.05) is 19.6 Å². The Morgan fingerprint density at radius 1 is 1.00 bits per heavy atom. The molecule has 30 heavy (non-hydrogen) atoms. The summed E-state index contributed by atoms with van der Waals surface area (Å²) in [7, 11) is 0. The normalized spacial score (nSPS) is 14.7. The standard InChI is InChI=1S/C22H19ClN4O2S/c23-20-8-7-18(30-20)2-1-11-26-12-13-27(22(29)21(26)28)14-16-3-5-17(6-4-16)19-9-10-24-15-25-19/h1-10,15H,11-14H2/b2-1+. The first kappa shape index (κ1) is 20.3. The summed E-state index contributed by atoms with van der Waals surface area (Å²) in [5.41, 5.74) is 2.79. The number of carbonyl (C=O) groups excluding carboxylic acids is 2. The van der Waals surface area contributed by atoms with E-state index in [1.807, 2.05) is 54.6 Å². The fraction of sp³-hybridized carbons (Fsp3) is 0.182. The van der Waals surface area contributed by atoms with Gasteiger partial charge in [0.05, 0.1) is 10.0 Å². The average molecular weight is 439 g/mol. The van der Waals surface area contributed by atoms with E-state index in [0.717, 1.165) is 26.0 Å². The van der Waals surface area contributed by atoms with E-state index < -0.39 is 11.8 Å². The molecule has 3 aromatic rings. The third-order valence-electron chi connectivity index (χ3n) is 4.80. The van der Waals surface area contributed by atoms with Gasteiger partial charge in [-0.25, -0.2) is 9.97 Å². The van der Waals surface area contributed by atoms with Gasteiger partial charge in [-0.2, -0.15) is 0 Å². The maximum atomic E-state index is 12.5. The largest absolute Gasteiger partial charge is 0.329 e. The molecule has 1 saturated heterocycles. The smallest absolute Gasteiger partial charge is 0.312 e. The first-order chi connectivity index (χ1) is 14.6. The Kier molecular flexibility index (Phi) is 6.21. The molecule has 0 N–H and O–H groups in total. The molecule has 1 aliphatic rings. The molecule has 0 saturated carbocycles. The summed E-state index contributed by atoms with van der Waals surface area (Å²) >= 11 is 7.39. The molecule has 3 heterocycles. The monoisotopic (exact) mass is 438 g/mol. The zero-order chi connectivity index (χ0) is 20.9. The molecule has 1 aromatic carbocycles. The van der Waals surface area contributed by atoms with Crippen LogP contribution in [-0.4, -0.2) is 51.2 Å². The molecule has 2 amide bonds. The Balaban J connectivity index is 1.34. The van der Waals surface area contributed by atoms with Crippen LogP contribution in [0.25, 0.3) is 17.3 Å². The van der Waals surface area contributed by atoms with Crippen LogP contribution in [0.3, 0.4) is 0 Å². The van der Waals surface area contributed by atoms with E-state index >= 15 is 0 Å². The van der Waals surface area contributed by atoms with Gasteiger partial charge in [-0.3, -0.25) is 9.59 Å². The summed E-state index contributed by atoms with van der Waals surface area (Å²) in [6.07, 6.45) is 7.01. The van der Waals surface area contributed by atoms with Crippen molar-refractivity contribution in [3.63, 3.8) is 0 Å². The van der Waals surface area contributed by atoms with E-state index in [2.05, 4.69) is 9.97 Å². The van der Waals surface area contributed by atoms with Gasteiger partial charge in [0.2, 0.25) is 0 Å². The molecular weight excluding hydrogens is 420 g/mol. The molecule has 0 spiro atoms. The van der Waals surface area contributed by atoms with Crippen LogP contribution in [-0.2, 0) is 16.1 Å². The number of nitrogens with zero attached hydrogens (tertiary/aromatic N) is 4. The van der Waals surface area contributed by atoms with Gasteiger partial charge >= 0.3 is 11.8 Å². The zero-order valence-electron chi connectivity index (χ0n) is 16.1. The Morgan fingerprint density at radius 2 is 1.77 bits per heavy atom. The van der Waals surface area contributed by atoms with Crippen LogP contribution in [0.5, 0.6) is 0 Å². The lowest BCUT2D eigenvalue weighted by Gasteiger charge is -2.33. The minimum Gasteiger partial charge on any atom is -0.329 e. The van der Waals surface area contributed by atoms with Gasteiger partial charge in [-0.1, -0.05) is 41.9 Å². The molecule has 0 atom stereocenters. The third-order valence-corrected chi connectivity index (χ3v) is 6.00. The van der Waals surface area contributed by atoms with Gasteiger partial charge < -0.3 is 9.80 Å². The molecule has 152 valence electrons. The Labute approximate surface area is 183 Å². The second-order valence-electron chi connectivity index (χ2n) is 6.81. The van der Waals surface area contributed by atoms with Crippen molar-refractivity contribution in [2.45, 2.75) is 6.54 Å². The van der Waals surface area contributed by atoms with Crippen LogP contribution in [0, 0.1) is 0 Å². The Bertz CT molecular complexity index is 1070. The highest BCUT2D eigenvalue weighted by Gasteiger charge is 2.31. The van der Waals surface area contributed by atoms with Crippen molar-refractivity contribution in [1.82, 2.24) is 19.8 Å². The van der Waals surface area contributed by atoms with E-state index in [4.69, 9.17) is 11.6 Å². The van der Waals surface area contributed by atoms with Crippen LogP contribution in [0.1, 0.15) is 10.4 Å². The predicted molar refractivity (Wildman–Crippen MR) is 118 cm³/mol. The van der Waals surface area contributed by atoms with E-state index in [9.17, 15) is 9.59 Å². The second-order valence-corrected chi connectivity index (χ2v) is 8.56. The summed E-state index contributed by atoms with van der Waals surface area (Å²) in [5, 5.41) is 0. The highest BCUT2D eigenvalue weighted by atomic mass is 35.5. The van der Waals surface area contributed by atoms with E-state index in [1.54, 1.807) is 16.0 Å². The number of piperazine rings is 1. The van der Waals surface area contributed by atoms with Crippen LogP contribution in [0.4, 0.5) is 0 Å². The number of halogens is 1. The van der Waals surface area contributed by atoms with Crippen LogP contribution in [0.15, 0.2) is 61.1 Å². The van der Waals surface area contributed by atoms with Crippen LogP contribution >= 0.6 is 22.9 Å². The number of hydrogen-bond acceptors (Lipinski definition) is 5. The topological polar surface area (TPSA) is 66.4 Å². The number of aromatic nitrogens is 2. The number of rotatable bonds is 6. The summed E-state index contributed by atoms with van der Waals surface area (Å²) in [4.78, 5) is 37.4. The second kappa shape index (κ2) is 9.19. The number of hydrogen-bond donors (Lipinski definition) is 0. The number of thiophene rings is 1. The highest BCUT2D eigenvalue weighted by molar-refractivity contribution is 7.16. The quantitative estimate of drug-likeness (QED) is 0.550. The molecular formula is C22H19ClN4O2S. The van der Waals surface area contributed by atoms with E-state index in [-0.39, 0.29) is 0 Å². The molecule has 0 bridgehead atoms. The lowest BCUT2D eigenvalue weighted by Crippen LogP contribution is -2.53. The maximum absolute atomic E-state index is 12.5. The molecule has 4 rings (SSSR count). The number of benzene rings is 1. The van der Waals surface area contributed by atoms with Crippen LogP contribution < -0.4 is 0 Å². The molecule has 8 heteroatoms. The lowest BCUT2D eigenvalue weighted by atomic mass is 10.1. The first-order valence-corrected chi connectivity index (χ1v) is 10.6. The fourth-order valence-electron chi connectivity index (χ4n) is 3.22. The van der Waals surface area contributed by atoms with Gasteiger partial charge in [-0.15, -0.1) is 11.3 Å². The van der Waals surface area contributed by atoms with Gasteiger partial charge in [-0.05, 0) is 29.8 Å². The van der Waals surface area contributed by atoms with Crippen molar-refractivity contribution >= 4 is 40.8 Å². The van der Waals surface area contributed by atoms with E-state index in [0.29, 0.717) is 26.2 Å². The van der Waals surface area contributed by atoms with Crippen molar-refractivity contribution in [2.24, 2.45) is 0 Å². The Hall–Kier alpha value is -3.03. The molecule has 2 aromatic heterocycles.